The Balaban J connectivity index is 2.16. The van der Waals surface area contributed by atoms with Gasteiger partial charge in [-0.25, -0.2) is 0 Å². The van der Waals surface area contributed by atoms with E-state index in [9.17, 15) is 4.79 Å². The van der Waals surface area contributed by atoms with Gasteiger partial charge in [-0.05, 0) is 61.6 Å². The zero-order valence-corrected chi connectivity index (χ0v) is 18.3. The van der Waals surface area contributed by atoms with Crippen molar-refractivity contribution < 1.29 is 9.53 Å². The van der Waals surface area contributed by atoms with Crippen LogP contribution in [0.15, 0.2) is 72.0 Å². The maximum absolute atomic E-state index is 11.7. The molecule has 2 rings (SSSR count). The third kappa shape index (κ3) is 8.54. The second kappa shape index (κ2) is 11.4. The normalized spacial score (nSPS) is 10.9. The molecule has 154 valence electrons. The molecule has 29 heavy (non-hydrogen) atoms. The van der Waals surface area contributed by atoms with Gasteiger partial charge >= 0.3 is 5.97 Å². The van der Waals surface area contributed by atoms with Crippen LogP contribution in [0.5, 0.6) is 0 Å². The summed E-state index contributed by atoms with van der Waals surface area (Å²) in [6.45, 7) is 9.08. The zero-order valence-electron chi connectivity index (χ0n) is 18.3. The van der Waals surface area contributed by atoms with E-state index in [1.807, 2.05) is 13.0 Å². The summed E-state index contributed by atoms with van der Waals surface area (Å²) in [7, 11) is 0. The molecule has 0 saturated heterocycles. The lowest BCUT2D eigenvalue weighted by molar-refractivity contribution is -0.143. The van der Waals surface area contributed by atoms with E-state index < -0.39 is 0 Å². The smallest absolute Gasteiger partial charge is 0.305 e. The Hall–Kier alpha value is -2.57. The summed E-state index contributed by atoms with van der Waals surface area (Å²) in [4.78, 5) is 11.7. The van der Waals surface area contributed by atoms with Crippen LogP contribution in [-0.2, 0) is 16.0 Å². The third-order valence-corrected chi connectivity index (χ3v) is 4.87. The van der Waals surface area contributed by atoms with Gasteiger partial charge in [0.05, 0.1) is 6.61 Å². The van der Waals surface area contributed by atoms with Crippen molar-refractivity contribution in [3.05, 3.63) is 83.1 Å². The molecule has 0 aromatic heterocycles. The third-order valence-electron chi connectivity index (χ3n) is 4.87. The topological polar surface area (TPSA) is 26.3 Å². The predicted octanol–water partition coefficient (Wildman–Crippen LogP) is 7.01. The molecule has 0 amide bonds. The zero-order chi connectivity index (χ0) is 21.1. The largest absolute Gasteiger partial charge is 0.466 e. The molecule has 0 saturated carbocycles. The molecule has 0 heterocycles. The fraction of sp³-hybridized carbons (Fsp3) is 0.407. The standard InChI is InChI=1S/C27H34O2/c1-5-29-26(28)18-12-17-25(24-15-10-7-11-16-24)19-22(2)20-27(3,4)21-23-13-8-6-9-14-23/h6-11,13-16H,5,12,17-18,20-21H2,1-4H3. The minimum absolute atomic E-state index is 0.121. The van der Waals surface area contributed by atoms with Crippen LogP contribution in [0.1, 0.15) is 64.5 Å². The van der Waals surface area contributed by atoms with Crippen molar-refractivity contribution in [1.82, 2.24) is 0 Å². The average molecular weight is 391 g/mol. The predicted molar refractivity (Wildman–Crippen MR) is 122 cm³/mol. The molecule has 0 bridgehead atoms. The molecular weight excluding hydrogens is 356 g/mol. The van der Waals surface area contributed by atoms with Crippen molar-refractivity contribution in [2.24, 2.45) is 5.41 Å². The Morgan fingerprint density at radius 3 is 2.21 bits per heavy atom. The Morgan fingerprint density at radius 2 is 1.59 bits per heavy atom. The van der Waals surface area contributed by atoms with Gasteiger partial charge in [-0.2, -0.15) is 0 Å². The lowest BCUT2D eigenvalue weighted by Crippen LogP contribution is -2.15. The molecule has 0 radical (unpaired) electrons. The van der Waals surface area contributed by atoms with Gasteiger partial charge in [-0.15, -0.1) is 5.73 Å². The molecule has 0 fully saturated rings. The lowest BCUT2D eigenvalue weighted by Gasteiger charge is -2.24. The number of rotatable bonds is 10. The van der Waals surface area contributed by atoms with Crippen LogP contribution in [0.25, 0.3) is 5.57 Å². The molecular formula is C27H34O2. The SMILES string of the molecule is CCOC(=O)CCCC(=C=C(C)CC(C)(C)Cc1ccccc1)c1ccccc1. The number of carbonyl (C=O) groups is 1. The van der Waals surface area contributed by atoms with Crippen molar-refractivity contribution in [2.75, 3.05) is 6.61 Å². The first-order chi connectivity index (χ1) is 13.9. The van der Waals surface area contributed by atoms with Gasteiger partial charge in [-0.1, -0.05) is 74.5 Å². The minimum Gasteiger partial charge on any atom is -0.466 e. The number of ether oxygens (including phenoxy) is 1. The Morgan fingerprint density at radius 1 is 0.966 bits per heavy atom. The van der Waals surface area contributed by atoms with E-state index in [4.69, 9.17) is 4.74 Å². The summed E-state index contributed by atoms with van der Waals surface area (Å²) in [5, 5.41) is 0. The molecule has 2 aromatic rings. The number of carbonyl (C=O) groups excluding carboxylic acids is 1. The van der Waals surface area contributed by atoms with Gasteiger partial charge < -0.3 is 4.74 Å². The van der Waals surface area contributed by atoms with Gasteiger partial charge in [-0.3, -0.25) is 4.79 Å². The van der Waals surface area contributed by atoms with Crippen molar-refractivity contribution in [3.63, 3.8) is 0 Å². The summed E-state index contributed by atoms with van der Waals surface area (Å²) >= 11 is 0. The molecule has 0 atom stereocenters. The number of benzene rings is 2. The molecule has 2 heteroatoms. The molecule has 2 aromatic carbocycles. The maximum atomic E-state index is 11.7. The summed E-state index contributed by atoms with van der Waals surface area (Å²) in [5.41, 5.74) is 8.79. The van der Waals surface area contributed by atoms with Crippen LogP contribution in [0, 0.1) is 5.41 Å². The van der Waals surface area contributed by atoms with Crippen molar-refractivity contribution >= 4 is 11.5 Å². The second-order valence-electron chi connectivity index (χ2n) is 8.41. The van der Waals surface area contributed by atoms with Crippen LogP contribution >= 0.6 is 0 Å². The number of hydrogen-bond donors (Lipinski definition) is 0. The molecule has 0 aliphatic heterocycles. The first kappa shape index (κ1) is 22.7. The molecule has 0 unspecified atom stereocenters. The average Bonchev–Trinajstić information content (AvgIpc) is 2.68. The number of esters is 1. The van der Waals surface area contributed by atoms with Crippen LogP contribution in [0.4, 0.5) is 0 Å². The van der Waals surface area contributed by atoms with Gasteiger partial charge in [0.2, 0.25) is 0 Å². The van der Waals surface area contributed by atoms with Crippen LogP contribution in [0.3, 0.4) is 0 Å². The Bertz CT molecular complexity index is 825. The first-order valence-electron chi connectivity index (χ1n) is 10.6. The highest BCUT2D eigenvalue weighted by molar-refractivity contribution is 5.70. The van der Waals surface area contributed by atoms with E-state index in [-0.39, 0.29) is 11.4 Å². The molecule has 0 aliphatic rings. The maximum Gasteiger partial charge on any atom is 0.305 e. The summed E-state index contributed by atoms with van der Waals surface area (Å²) in [6.07, 6.45) is 4.06. The monoisotopic (exact) mass is 390 g/mol. The van der Waals surface area contributed by atoms with Gasteiger partial charge in [0.25, 0.3) is 0 Å². The van der Waals surface area contributed by atoms with E-state index >= 15 is 0 Å². The summed E-state index contributed by atoms with van der Waals surface area (Å²) in [5.74, 6) is -0.121. The van der Waals surface area contributed by atoms with E-state index in [1.54, 1.807) is 0 Å². The van der Waals surface area contributed by atoms with Gasteiger partial charge in [0, 0.05) is 12.0 Å². The number of hydrogen-bond acceptors (Lipinski definition) is 2. The molecule has 0 spiro atoms. The fourth-order valence-electron chi connectivity index (χ4n) is 3.79. The van der Waals surface area contributed by atoms with Gasteiger partial charge in [0.15, 0.2) is 0 Å². The summed E-state index contributed by atoms with van der Waals surface area (Å²) < 4.78 is 5.06. The van der Waals surface area contributed by atoms with Crippen LogP contribution in [-0.4, -0.2) is 12.6 Å². The van der Waals surface area contributed by atoms with Gasteiger partial charge in [0.1, 0.15) is 0 Å². The fourth-order valence-corrected chi connectivity index (χ4v) is 3.79. The minimum atomic E-state index is -0.121. The van der Waals surface area contributed by atoms with E-state index in [0.29, 0.717) is 13.0 Å². The Kier molecular flexibility index (Phi) is 8.96. The molecule has 0 aliphatic carbocycles. The lowest BCUT2D eigenvalue weighted by atomic mass is 9.80. The molecule has 0 N–H and O–H groups in total. The van der Waals surface area contributed by atoms with E-state index in [2.05, 4.69) is 81.1 Å². The Labute approximate surface area is 176 Å². The van der Waals surface area contributed by atoms with E-state index in [0.717, 1.165) is 25.7 Å². The van der Waals surface area contributed by atoms with Crippen LogP contribution < -0.4 is 0 Å². The van der Waals surface area contributed by atoms with Crippen molar-refractivity contribution in [2.45, 2.75) is 59.8 Å². The second-order valence-corrected chi connectivity index (χ2v) is 8.41. The van der Waals surface area contributed by atoms with Crippen LogP contribution in [0.2, 0.25) is 0 Å². The number of allylic oxidation sites excluding steroid dienone is 1. The highest BCUT2D eigenvalue weighted by atomic mass is 16.5. The highest BCUT2D eigenvalue weighted by Crippen LogP contribution is 2.30. The highest BCUT2D eigenvalue weighted by Gasteiger charge is 2.19. The van der Waals surface area contributed by atoms with Crippen molar-refractivity contribution in [3.8, 4) is 0 Å². The first-order valence-corrected chi connectivity index (χ1v) is 10.6. The van der Waals surface area contributed by atoms with Crippen molar-refractivity contribution in [1.29, 1.82) is 0 Å². The molecule has 2 nitrogen and oxygen atoms in total. The summed E-state index contributed by atoms with van der Waals surface area (Å²) in [6, 6.07) is 21.0. The quantitative estimate of drug-likeness (QED) is 0.322. The van der Waals surface area contributed by atoms with E-state index in [1.165, 1.54) is 22.3 Å².